The molecule has 80 valence electrons. The van der Waals surface area contributed by atoms with Gasteiger partial charge in [-0.2, -0.15) is 5.10 Å². The third-order valence-electron chi connectivity index (χ3n) is 2.19. The van der Waals surface area contributed by atoms with Crippen molar-refractivity contribution in [2.24, 2.45) is 3.21 Å². The van der Waals surface area contributed by atoms with Crippen LogP contribution in [0.1, 0.15) is 42.3 Å². The van der Waals surface area contributed by atoms with E-state index in [1.807, 2.05) is 29.8 Å². The molecule has 4 nitrogen and oxygen atoms in total. The normalized spacial score (nSPS) is 11.3. The van der Waals surface area contributed by atoms with Crippen molar-refractivity contribution in [2.45, 2.75) is 26.7 Å². The summed E-state index contributed by atoms with van der Waals surface area (Å²) < 4.78 is 3.87. The molecule has 0 fully saturated rings. The molecule has 0 radical (unpaired) electrons. The number of hydrogen-bond acceptors (Lipinski definition) is 4. The van der Waals surface area contributed by atoms with Gasteiger partial charge in [0, 0.05) is 11.8 Å². The Morgan fingerprint density at radius 3 is 2.53 bits per heavy atom. The molecule has 0 saturated carbocycles. The molecule has 15 heavy (non-hydrogen) atoms. The van der Waals surface area contributed by atoms with Gasteiger partial charge in [-0.05, 0) is 18.4 Å². The Morgan fingerprint density at radius 1 is 1.40 bits per heavy atom. The Morgan fingerprint density at radius 2 is 2.07 bits per heavy atom. The summed E-state index contributed by atoms with van der Waals surface area (Å²) in [5.74, 6) is 0.321. The van der Waals surface area contributed by atoms with Gasteiger partial charge in [0.1, 0.15) is 5.69 Å². The van der Waals surface area contributed by atoms with Gasteiger partial charge in [0.05, 0.1) is 34.8 Å². The zero-order valence-corrected chi connectivity index (χ0v) is 11.1. The Kier molecular flexibility index (Phi) is 4.31. The lowest BCUT2D eigenvalue weighted by molar-refractivity contribution is 0.771. The fraction of sp³-hybridized carbons (Fsp3) is 0.400. The number of hydrogen-bond donors (Lipinski definition) is 1. The number of nitrogens with one attached hydrogen (secondary N) is 1. The summed E-state index contributed by atoms with van der Waals surface area (Å²) >= 11 is 1.88. The average molecular weight is 316 g/mol. The summed E-state index contributed by atoms with van der Waals surface area (Å²) in [7, 11) is 0. The summed E-state index contributed by atoms with van der Waals surface area (Å²) in [6.45, 7) is 6.10. The van der Waals surface area contributed by atoms with Crippen LogP contribution in [0, 0.1) is 12.3 Å². The molecular formula is C10H13IN4. The lowest BCUT2D eigenvalue weighted by Crippen LogP contribution is -2.08. The molecule has 0 spiro atoms. The quantitative estimate of drug-likeness (QED) is 0.688. The molecule has 1 aromatic heterocycles. The van der Waals surface area contributed by atoms with Crippen molar-refractivity contribution >= 4 is 35.3 Å². The zero-order chi connectivity index (χ0) is 11.4. The molecule has 0 aliphatic rings. The van der Waals surface area contributed by atoms with Crippen molar-refractivity contribution in [3.8, 4) is 0 Å². The monoisotopic (exact) mass is 316 g/mol. The first-order valence-electron chi connectivity index (χ1n) is 4.63. The van der Waals surface area contributed by atoms with Crippen molar-refractivity contribution < 1.29 is 0 Å². The van der Waals surface area contributed by atoms with E-state index in [4.69, 9.17) is 5.41 Å². The van der Waals surface area contributed by atoms with E-state index in [1.165, 1.54) is 6.21 Å². The first-order chi connectivity index (χ1) is 7.11. The van der Waals surface area contributed by atoms with Crippen LogP contribution in [0.4, 0.5) is 0 Å². The molecule has 1 N–H and O–H groups in total. The van der Waals surface area contributed by atoms with Crippen molar-refractivity contribution in [3.05, 3.63) is 22.5 Å². The van der Waals surface area contributed by atoms with Crippen LogP contribution in [0.5, 0.6) is 0 Å². The molecule has 1 heterocycles. The summed E-state index contributed by atoms with van der Waals surface area (Å²) in [4.78, 5) is 0. The van der Waals surface area contributed by atoms with Crippen molar-refractivity contribution in [3.63, 3.8) is 0 Å². The lowest BCUT2D eigenvalue weighted by atomic mass is 10.0. The fourth-order valence-corrected chi connectivity index (χ4v) is 1.70. The topological polar surface area (TPSA) is 62.0 Å². The van der Waals surface area contributed by atoms with E-state index in [-0.39, 0.29) is 0 Å². The third-order valence-corrected chi connectivity index (χ3v) is 2.47. The molecule has 1 aromatic rings. The second-order valence-electron chi connectivity index (χ2n) is 3.53. The predicted molar refractivity (Wildman–Crippen MR) is 70.4 cm³/mol. The average Bonchev–Trinajstić information content (AvgIpc) is 2.18. The van der Waals surface area contributed by atoms with Gasteiger partial charge in [-0.3, -0.25) is 0 Å². The number of aromatic nitrogens is 2. The van der Waals surface area contributed by atoms with Gasteiger partial charge in [0.25, 0.3) is 0 Å². The second-order valence-corrected chi connectivity index (χ2v) is 4.09. The highest BCUT2D eigenvalue weighted by molar-refractivity contribution is 14.1. The molecule has 5 heteroatoms. The number of rotatable bonds is 3. The highest BCUT2D eigenvalue weighted by Crippen LogP contribution is 2.19. The summed E-state index contributed by atoms with van der Waals surface area (Å²) in [5.41, 5.74) is 3.41. The van der Waals surface area contributed by atoms with Crippen LogP contribution >= 0.6 is 22.9 Å². The van der Waals surface area contributed by atoms with Crippen molar-refractivity contribution in [2.75, 3.05) is 0 Å². The van der Waals surface area contributed by atoms with Crippen LogP contribution in [0.15, 0.2) is 3.21 Å². The minimum Gasteiger partial charge on any atom is -0.308 e. The molecule has 0 unspecified atom stereocenters. The van der Waals surface area contributed by atoms with Crippen LogP contribution in [-0.4, -0.2) is 22.6 Å². The van der Waals surface area contributed by atoms with Gasteiger partial charge in [-0.15, -0.1) is 5.10 Å². The minimum absolute atomic E-state index is 0.321. The Hall–Kier alpha value is -0.850. The largest absolute Gasteiger partial charge is 0.308 e. The van der Waals surface area contributed by atoms with Gasteiger partial charge >= 0.3 is 0 Å². The number of nitrogens with zero attached hydrogens (tertiary/aromatic N) is 3. The van der Waals surface area contributed by atoms with E-state index in [2.05, 4.69) is 27.3 Å². The van der Waals surface area contributed by atoms with Crippen molar-refractivity contribution in [1.29, 1.82) is 5.41 Å². The Balaban J connectivity index is 3.38. The molecule has 0 bridgehead atoms. The molecule has 0 aliphatic carbocycles. The van der Waals surface area contributed by atoms with E-state index in [0.29, 0.717) is 11.6 Å². The summed E-state index contributed by atoms with van der Waals surface area (Å²) in [6.07, 6.45) is 2.93. The van der Waals surface area contributed by atoms with E-state index < -0.39 is 0 Å². The highest BCUT2D eigenvalue weighted by Gasteiger charge is 2.12. The van der Waals surface area contributed by atoms with Gasteiger partial charge in [-0.1, -0.05) is 13.8 Å². The fourth-order valence-electron chi connectivity index (χ4n) is 1.44. The molecule has 1 rings (SSSR count). The van der Waals surface area contributed by atoms with E-state index in [1.54, 1.807) is 6.21 Å². The molecular weight excluding hydrogens is 303 g/mol. The smallest absolute Gasteiger partial charge is 0.113 e. The zero-order valence-electron chi connectivity index (χ0n) is 8.95. The highest BCUT2D eigenvalue weighted by atomic mass is 127. The summed E-state index contributed by atoms with van der Waals surface area (Å²) in [5, 5.41) is 15.6. The van der Waals surface area contributed by atoms with E-state index in [9.17, 15) is 0 Å². The standard InChI is InChI=1S/C10H13IN4/c1-6(2)10-7(3)8(4-12)9(5-13-11)14-15-10/h4-6,12H,1-3H3/b12-4?,13-5-. The maximum absolute atomic E-state index is 7.38. The maximum atomic E-state index is 7.38. The molecule has 0 aromatic carbocycles. The molecule has 0 aliphatic heterocycles. The Bertz CT molecular complexity index is 399. The lowest BCUT2D eigenvalue weighted by Gasteiger charge is -2.10. The van der Waals surface area contributed by atoms with E-state index in [0.717, 1.165) is 16.8 Å². The van der Waals surface area contributed by atoms with Gasteiger partial charge in [0.2, 0.25) is 0 Å². The SMILES string of the molecule is Cc1c(C(C)C)nnc(/C=N\I)c1C=N. The third kappa shape index (κ3) is 2.58. The van der Waals surface area contributed by atoms with Crippen LogP contribution in [0.25, 0.3) is 0 Å². The molecule has 0 atom stereocenters. The van der Waals surface area contributed by atoms with Gasteiger partial charge in [0.15, 0.2) is 0 Å². The molecule has 0 amide bonds. The van der Waals surface area contributed by atoms with Crippen LogP contribution in [-0.2, 0) is 0 Å². The summed E-state index contributed by atoms with van der Waals surface area (Å²) in [6, 6.07) is 0. The maximum Gasteiger partial charge on any atom is 0.113 e. The van der Waals surface area contributed by atoms with Gasteiger partial charge < -0.3 is 5.41 Å². The van der Waals surface area contributed by atoms with Crippen LogP contribution < -0.4 is 0 Å². The second kappa shape index (κ2) is 5.29. The predicted octanol–water partition coefficient (Wildman–Crippen LogP) is 2.67. The van der Waals surface area contributed by atoms with Crippen molar-refractivity contribution in [1.82, 2.24) is 10.2 Å². The van der Waals surface area contributed by atoms with E-state index >= 15 is 0 Å². The van der Waals surface area contributed by atoms with Gasteiger partial charge in [-0.25, -0.2) is 3.21 Å². The first-order valence-corrected chi connectivity index (χ1v) is 5.60. The first kappa shape index (κ1) is 12.2. The van der Waals surface area contributed by atoms with Crippen LogP contribution in [0.2, 0.25) is 0 Å². The Labute approximate surface area is 103 Å². The van der Waals surface area contributed by atoms with Crippen LogP contribution in [0.3, 0.4) is 0 Å². The number of halogens is 1. The molecule has 0 saturated heterocycles. The minimum atomic E-state index is 0.321.